The summed E-state index contributed by atoms with van der Waals surface area (Å²) in [5.41, 5.74) is 5.05. The molecule has 0 spiro atoms. The second kappa shape index (κ2) is 9.37. The number of cyclic esters (lactones) is 1. The molecule has 0 aliphatic carbocycles. The predicted octanol–water partition coefficient (Wildman–Crippen LogP) is 6.28. The van der Waals surface area contributed by atoms with E-state index in [9.17, 15) is 4.79 Å². The number of carbonyl (C=O) groups excluding carboxylic acids is 1. The van der Waals surface area contributed by atoms with Gasteiger partial charge in [0.15, 0.2) is 5.70 Å². The van der Waals surface area contributed by atoms with Gasteiger partial charge in [-0.25, -0.2) is 9.79 Å². The van der Waals surface area contributed by atoms with Crippen LogP contribution >= 0.6 is 0 Å². The number of para-hydroxylation sites is 1. The Morgan fingerprint density at radius 3 is 2.06 bits per heavy atom. The van der Waals surface area contributed by atoms with E-state index in [2.05, 4.69) is 17.1 Å². The van der Waals surface area contributed by atoms with Gasteiger partial charge in [0.2, 0.25) is 5.90 Å². The second-order valence-corrected chi connectivity index (χ2v) is 7.59. The molecule has 4 nitrogen and oxygen atoms in total. The summed E-state index contributed by atoms with van der Waals surface area (Å²) < 4.78 is 11.4. The van der Waals surface area contributed by atoms with Crippen LogP contribution < -0.4 is 4.74 Å². The number of aliphatic imine (C=N–C) groups is 1. The van der Waals surface area contributed by atoms with Crippen molar-refractivity contribution in [1.29, 1.82) is 0 Å². The van der Waals surface area contributed by atoms with Gasteiger partial charge in [0.1, 0.15) is 12.4 Å². The number of rotatable bonds is 6. The van der Waals surface area contributed by atoms with Crippen molar-refractivity contribution in [2.45, 2.75) is 6.61 Å². The normalized spacial score (nSPS) is 14.1. The van der Waals surface area contributed by atoms with E-state index in [0.717, 1.165) is 27.8 Å². The van der Waals surface area contributed by atoms with Crippen LogP contribution in [-0.2, 0) is 16.1 Å². The minimum atomic E-state index is -0.477. The molecule has 5 rings (SSSR count). The first-order valence-corrected chi connectivity index (χ1v) is 10.7. The molecule has 160 valence electrons. The van der Waals surface area contributed by atoms with Crippen molar-refractivity contribution in [2.75, 3.05) is 0 Å². The molecular weight excluding hydrogens is 410 g/mol. The van der Waals surface area contributed by atoms with Crippen molar-refractivity contribution in [2.24, 2.45) is 4.99 Å². The highest BCUT2D eigenvalue weighted by atomic mass is 16.6. The fraction of sp³-hybridized carbons (Fsp3) is 0.0345. The van der Waals surface area contributed by atoms with Gasteiger partial charge in [0, 0.05) is 11.1 Å². The van der Waals surface area contributed by atoms with Crippen LogP contribution in [0.15, 0.2) is 120 Å². The van der Waals surface area contributed by atoms with Crippen molar-refractivity contribution in [3.8, 4) is 16.9 Å². The van der Waals surface area contributed by atoms with Gasteiger partial charge in [-0.1, -0.05) is 91.0 Å². The third-order valence-electron chi connectivity index (χ3n) is 5.31. The molecule has 4 aromatic rings. The maximum atomic E-state index is 12.5. The van der Waals surface area contributed by atoms with E-state index in [4.69, 9.17) is 9.47 Å². The van der Waals surface area contributed by atoms with Gasteiger partial charge in [0.05, 0.1) is 0 Å². The molecule has 0 atom stereocenters. The van der Waals surface area contributed by atoms with Crippen LogP contribution in [0, 0.1) is 0 Å². The Balaban J connectivity index is 1.37. The summed E-state index contributed by atoms with van der Waals surface area (Å²) in [7, 11) is 0. The first-order valence-electron chi connectivity index (χ1n) is 10.7. The molecule has 1 aliphatic heterocycles. The molecule has 0 N–H and O–H groups in total. The van der Waals surface area contributed by atoms with E-state index >= 15 is 0 Å². The largest absolute Gasteiger partial charge is 0.488 e. The number of ether oxygens (including phenoxy) is 2. The van der Waals surface area contributed by atoms with Crippen LogP contribution in [0.4, 0.5) is 0 Å². The highest BCUT2D eigenvalue weighted by Crippen LogP contribution is 2.26. The molecule has 0 bridgehead atoms. The van der Waals surface area contributed by atoms with Gasteiger partial charge < -0.3 is 9.47 Å². The Bertz CT molecular complexity index is 1320. The number of carbonyl (C=O) groups is 1. The number of nitrogens with zero attached hydrogens (tertiary/aromatic N) is 1. The SMILES string of the molecule is O=C1OC(c2ccc(-c3ccccc3)cc2)=N/C1=C\c1ccccc1OCc1ccccc1. The van der Waals surface area contributed by atoms with Gasteiger partial charge in [0.25, 0.3) is 0 Å². The van der Waals surface area contributed by atoms with Crippen LogP contribution in [0.5, 0.6) is 5.75 Å². The smallest absolute Gasteiger partial charge is 0.363 e. The van der Waals surface area contributed by atoms with Crippen LogP contribution in [0.3, 0.4) is 0 Å². The maximum Gasteiger partial charge on any atom is 0.363 e. The molecule has 4 heteroatoms. The summed E-state index contributed by atoms with van der Waals surface area (Å²) in [6.07, 6.45) is 1.70. The first-order chi connectivity index (χ1) is 16.3. The molecular formula is C29H21NO3. The molecule has 0 saturated carbocycles. The first kappa shape index (κ1) is 20.5. The van der Waals surface area contributed by atoms with Crippen LogP contribution in [0.2, 0.25) is 0 Å². The lowest BCUT2D eigenvalue weighted by atomic mass is 10.0. The van der Waals surface area contributed by atoms with Crippen molar-refractivity contribution in [3.05, 3.63) is 132 Å². The fourth-order valence-corrected chi connectivity index (χ4v) is 3.58. The summed E-state index contributed by atoms with van der Waals surface area (Å²) in [5, 5.41) is 0. The van der Waals surface area contributed by atoms with Crippen LogP contribution in [-0.4, -0.2) is 11.9 Å². The molecule has 4 aromatic carbocycles. The van der Waals surface area contributed by atoms with Gasteiger partial charge in [-0.15, -0.1) is 0 Å². The summed E-state index contributed by atoms with van der Waals surface area (Å²) >= 11 is 0. The number of esters is 1. The minimum absolute atomic E-state index is 0.243. The zero-order chi connectivity index (χ0) is 22.5. The van der Waals surface area contributed by atoms with E-state index in [1.165, 1.54) is 0 Å². The average Bonchev–Trinajstić information content (AvgIpc) is 3.25. The summed E-state index contributed by atoms with van der Waals surface area (Å²) in [4.78, 5) is 16.9. The van der Waals surface area contributed by atoms with Crippen molar-refractivity contribution >= 4 is 17.9 Å². The third-order valence-corrected chi connectivity index (χ3v) is 5.31. The Labute approximate surface area is 192 Å². The summed E-state index contributed by atoms with van der Waals surface area (Å²) in [6.45, 7) is 0.438. The molecule has 33 heavy (non-hydrogen) atoms. The van der Waals surface area contributed by atoms with Gasteiger partial charge >= 0.3 is 5.97 Å². The lowest BCUT2D eigenvalue weighted by molar-refractivity contribution is -0.129. The van der Waals surface area contributed by atoms with Gasteiger partial charge in [-0.2, -0.15) is 0 Å². The van der Waals surface area contributed by atoms with Gasteiger partial charge in [-0.05, 0) is 41.0 Å². The molecule has 1 heterocycles. The Kier molecular flexibility index (Phi) is 5.81. The lowest BCUT2D eigenvalue weighted by Gasteiger charge is -2.09. The summed E-state index contributed by atoms with van der Waals surface area (Å²) in [5.74, 6) is 0.501. The number of hydrogen-bond donors (Lipinski definition) is 0. The zero-order valence-corrected chi connectivity index (χ0v) is 17.8. The van der Waals surface area contributed by atoms with Crippen LogP contribution in [0.1, 0.15) is 16.7 Å². The molecule has 0 aromatic heterocycles. The fourth-order valence-electron chi connectivity index (χ4n) is 3.58. The number of benzene rings is 4. The highest BCUT2D eigenvalue weighted by Gasteiger charge is 2.24. The highest BCUT2D eigenvalue weighted by molar-refractivity contribution is 6.13. The maximum absolute atomic E-state index is 12.5. The Hall–Kier alpha value is -4.44. The van der Waals surface area contributed by atoms with E-state index in [1.54, 1.807) is 6.08 Å². The van der Waals surface area contributed by atoms with Crippen molar-refractivity contribution < 1.29 is 14.3 Å². The van der Waals surface area contributed by atoms with E-state index < -0.39 is 5.97 Å². The minimum Gasteiger partial charge on any atom is -0.488 e. The van der Waals surface area contributed by atoms with E-state index in [1.807, 2.05) is 97.1 Å². The molecule has 1 aliphatic rings. The van der Waals surface area contributed by atoms with Crippen molar-refractivity contribution in [1.82, 2.24) is 0 Å². The van der Waals surface area contributed by atoms with Crippen molar-refractivity contribution in [3.63, 3.8) is 0 Å². The number of hydrogen-bond acceptors (Lipinski definition) is 4. The van der Waals surface area contributed by atoms with E-state index in [0.29, 0.717) is 18.3 Å². The molecule has 0 radical (unpaired) electrons. The topological polar surface area (TPSA) is 47.9 Å². The predicted molar refractivity (Wildman–Crippen MR) is 130 cm³/mol. The molecule has 0 unspecified atom stereocenters. The van der Waals surface area contributed by atoms with Crippen LogP contribution in [0.25, 0.3) is 17.2 Å². The Morgan fingerprint density at radius 1 is 0.697 bits per heavy atom. The lowest BCUT2D eigenvalue weighted by Crippen LogP contribution is -2.05. The summed E-state index contributed by atoms with van der Waals surface area (Å²) in [6, 6.07) is 35.4. The molecule has 0 amide bonds. The zero-order valence-electron chi connectivity index (χ0n) is 17.8. The second-order valence-electron chi connectivity index (χ2n) is 7.59. The monoisotopic (exact) mass is 431 g/mol. The standard InChI is InChI=1S/C29H21NO3/c31-29-26(19-25-13-7-8-14-27(25)32-20-21-9-3-1-4-10-21)30-28(33-29)24-17-15-23(16-18-24)22-11-5-2-6-12-22/h1-19H,20H2/b26-19-. The van der Waals surface area contributed by atoms with E-state index in [-0.39, 0.29) is 5.70 Å². The average molecular weight is 431 g/mol. The third kappa shape index (κ3) is 4.75. The molecule has 0 saturated heterocycles. The molecule has 0 fully saturated rings. The van der Waals surface area contributed by atoms with Gasteiger partial charge in [-0.3, -0.25) is 0 Å². The quantitative estimate of drug-likeness (QED) is 0.267. The Morgan fingerprint density at radius 2 is 1.30 bits per heavy atom.